The van der Waals surface area contributed by atoms with Crippen LogP contribution in [-0.4, -0.2) is 12.7 Å². The van der Waals surface area contributed by atoms with Crippen LogP contribution in [0.25, 0.3) is 0 Å². The molecule has 0 radical (unpaired) electrons. The summed E-state index contributed by atoms with van der Waals surface area (Å²) in [4.78, 5) is 0. The zero-order chi connectivity index (χ0) is 15.6. The Morgan fingerprint density at radius 3 is 2.30 bits per heavy atom. The Bertz CT molecular complexity index is 456. The summed E-state index contributed by atoms with van der Waals surface area (Å²) >= 11 is 0. The molecule has 6 heteroatoms. The highest BCUT2D eigenvalue weighted by molar-refractivity contribution is 5.36. The molecule has 114 valence electrons. The van der Waals surface area contributed by atoms with E-state index in [0.29, 0.717) is 17.5 Å². The molecule has 0 aliphatic heterocycles. The third-order valence-corrected chi connectivity index (χ3v) is 3.85. The number of halogens is 3. The summed E-state index contributed by atoms with van der Waals surface area (Å²) in [6, 6.07) is 3.26. The first kappa shape index (κ1) is 16.9. The molecule has 0 aliphatic rings. The minimum absolute atomic E-state index is 0.389. The average molecular weight is 290 g/mol. The molecule has 20 heavy (non-hydrogen) atoms. The SMILES string of the molecule is CCC(C)(OC)C(NN)c1ccc(C(F)(F)F)cc1C. The first-order chi connectivity index (χ1) is 9.19. The average Bonchev–Trinajstić information content (AvgIpc) is 2.39. The molecule has 0 fully saturated rings. The van der Waals surface area contributed by atoms with Crippen molar-refractivity contribution in [1.29, 1.82) is 0 Å². The second kappa shape index (κ2) is 6.11. The van der Waals surface area contributed by atoms with E-state index in [9.17, 15) is 13.2 Å². The summed E-state index contributed by atoms with van der Waals surface area (Å²) in [6.07, 6.45) is -3.68. The molecule has 1 aromatic carbocycles. The van der Waals surface area contributed by atoms with E-state index < -0.39 is 17.3 Å². The monoisotopic (exact) mass is 290 g/mol. The van der Waals surface area contributed by atoms with E-state index in [0.717, 1.165) is 12.1 Å². The van der Waals surface area contributed by atoms with E-state index in [4.69, 9.17) is 10.6 Å². The molecule has 0 amide bonds. The fourth-order valence-electron chi connectivity index (χ4n) is 2.24. The van der Waals surface area contributed by atoms with Gasteiger partial charge in [0, 0.05) is 7.11 Å². The van der Waals surface area contributed by atoms with Crippen molar-refractivity contribution in [3.05, 3.63) is 34.9 Å². The molecule has 1 rings (SSSR count). The smallest absolute Gasteiger partial charge is 0.376 e. The molecule has 0 heterocycles. The van der Waals surface area contributed by atoms with Gasteiger partial charge in [0.05, 0.1) is 17.2 Å². The molecule has 0 bridgehead atoms. The van der Waals surface area contributed by atoms with Crippen LogP contribution in [0.4, 0.5) is 13.2 Å². The van der Waals surface area contributed by atoms with Gasteiger partial charge in [-0.3, -0.25) is 11.3 Å². The normalized spacial score (nSPS) is 16.8. The van der Waals surface area contributed by atoms with Crippen molar-refractivity contribution in [2.45, 2.75) is 45.0 Å². The van der Waals surface area contributed by atoms with Gasteiger partial charge in [0.1, 0.15) is 0 Å². The van der Waals surface area contributed by atoms with Gasteiger partial charge in [-0.1, -0.05) is 13.0 Å². The van der Waals surface area contributed by atoms with Crippen molar-refractivity contribution in [2.75, 3.05) is 7.11 Å². The first-order valence-electron chi connectivity index (χ1n) is 6.38. The van der Waals surface area contributed by atoms with Crippen LogP contribution in [0.5, 0.6) is 0 Å². The zero-order valence-corrected chi connectivity index (χ0v) is 12.1. The Morgan fingerprint density at radius 2 is 1.95 bits per heavy atom. The number of hydrogen-bond donors (Lipinski definition) is 2. The maximum absolute atomic E-state index is 12.7. The summed E-state index contributed by atoms with van der Waals surface area (Å²) in [5.41, 5.74) is 2.62. The van der Waals surface area contributed by atoms with Gasteiger partial charge in [-0.15, -0.1) is 0 Å². The van der Waals surface area contributed by atoms with Crippen molar-refractivity contribution in [1.82, 2.24) is 5.43 Å². The van der Waals surface area contributed by atoms with Crippen molar-refractivity contribution < 1.29 is 17.9 Å². The lowest BCUT2D eigenvalue weighted by Crippen LogP contribution is -2.46. The third kappa shape index (κ3) is 3.31. The minimum Gasteiger partial charge on any atom is -0.376 e. The second-order valence-electron chi connectivity index (χ2n) is 5.04. The Kier molecular flexibility index (Phi) is 5.18. The number of aryl methyl sites for hydroxylation is 1. The van der Waals surface area contributed by atoms with Gasteiger partial charge in [0.2, 0.25) is 0 Å². The van der Waals surface area contributed by atoms with Crippen LogP contribution in [0, 0.1) is 6.92 Å². The van der Waals surface area contributed by atoms with Gasteiger partial charge < -0.3 is 4.74 Å². The Hall–Kier alpha value is -1.11. The molecule has 0 spiro atoms. The summed E-state index contributed by atoms with van der Waals surface area (Å²) < 4.78 is 43.5. The molecule has 0 aromatic heterocycles. The van der Waals surface area contributed by atoms with Crippen molar-refractivity contribution in [3.8, 4) is 0 Å². The summed E-state index contributed by atoms with van der Waals surface area (Å²) in [7, 11) is 1.56. The molecule has 1 aromatic rings. The lowest BCUT2D eigenvalue weighted by molar-refractivity contribution is -0.137. The van der Waals surface area contributed by atoms with Crippen LogP contribution in [-0.2, 0) is 10.9 Å². The van der Waals surface area contributed by atoms with Gasteiger partial charge in [-0.2, -0.15) is 13.2 Å². The van der Waals surface area contributed by atoms with E-state index >= 15 is 0 Å². The van der Waals surface area contributed by atoms with Gasteiger partial charge in [-0.05, 0) is 43.5 Å². The van der Waals surface area contributed by atoms with Crippen molar-refractivity contribution >= 4 is 0 Å². The van der Waals surface area contributed by atoms with Crippen LogP contribution < -0.4 is 11.3 Å². The second-order valence-corrected chi connectivity index (χ2v) is 5.04. The van der Waals surface area contributed by atoms with Gasteiger partial charge >= 0.3 is 6.18 Å². The predicted octanol–water partition coefficient (Wildman–Crippen LogP) is 3.33. The number of benzene rings is 1. The molecular weight excluding hydrogens is 269 g/mol. The molecule has 0 saturated carbocycles. The Morgan fingerprint density at radius 1 is 1.35 bits per heavy atom. The number of nitrogens with one attached hydrogen (secondary N) is 1. The first-order valence-corrected chi connectivity index (χ1v) is 6.38. The Balaban J connectivity index is 3.25. The number of nitrogens with two attached hydrogens (primary N) is 1. The fraction of sp³-hybridized carbons (Fsp3) is 0.571. The van der Waals surface area contributed by atoms with Crippen LogP contribution in [0.3, 0.4) is 0 Å². The number of rotatable bonds is 5. The fourth-order valence-corrected chi connectivity index (χ4v) is 2.24. The van der Waals surface area contributed by atoms with Gasteiger partial charge in [0.25, 0.3) is 0 Å². The van der Waals surface area contributed by atoms with Crippen molar-refractivity contribution in [3.63, 3.8) is 0 Å². The van der Waals surface area contributed by atoms with Crippen LogP contribution in [0.15, 0.2) is 18.2 Å². The number of ether oxygens (including phenoxy) is 1. The molecular formula is C14H21F3N2O. The molecule has 0 saturated heterocycles. The van der Waals surface area contributed by atoms with Gasteiger partial charge in [-0.25, -0.2) is 0 Å². The van der Waals surface area contributed by atoms with E-state index in [1.54, 1.807) is 14.0 Å². The maximum Gasteiger partial charge on any atom is 0.416 e. The van der Waals surface area contributed by atoms with E-state index in [-0.39, 0.29) is 6.04 Å². The van der Waals surface area contributed by atoms with Gasteiger partial charge in [0.15, 0.2) is 0 Å². The van der Waals surface area contributed by atoms with E-state index in [1.807, 2.05) is 13.8 Å². The lowest BCUT2D eigenvalue weighted by atomic mass is 9.85. The zero-order valence-electron chi connectivity index (χ0n) is 12.1. The quantitative estimate of drug-likeness (QED) is 0.646. The largest absolute Gasteiger partial charge is 0.416 e. The molecule has 3 N–H and O–H groups in total. The lowest BCUT2D eigenvalue weighted by Gasteiger charge is -2.36. The summed E-state index contributed by atoms with van der Waals surface area (Å²) in [5, 5.41) is 0. The van der Waals surface area contributed by atoms with Crippen LogP contribution in [0.1, 0.15) is 43.0 Å². The van der Waals surface area contributed by atoms with Crippen molar-refractivity contribution in [2.24, 2.45) is 5.84 Å². The highest BCUT2D eigenvalue weighted by Crippen LogP contribution is 2.36. The summed E-state index contributed by atoms with van der Waals surface area (Å²) in [6.45, 7) is 5.45. The highest BCUT2D eigenvalue weighted by Gasteiger charge is 2.36. The number of hydrazine groups is 1. The standard InChI is InChI=1S/C14H21F3N2O/c1-5-13(3,20-4)12(19-18)11-7-6-10(8-9(11)2)14(15,16)17/h6-8,12,19H,5,18H2,1-4H3. The maximum atomic E-state index is 12.7. The van der Waals surface area contributed by atoms with Crippen LogP contribution in [0.2, 0.25) is 0 Å². The third-order valence-electron chi connectivity index (χ3n) is 3.85. The minimum atomic E-state index is -4.34. The predicted molar refractivity (Wildman–Crippen MR) is 72.0 cm³/mol. The topological polar surface area (TPSA) is 47.3 Å². The van der Waals surface area contributed by atoms with E-state index in [2.05, 4.69) is 5.43 Å². The Labute approximate surface area is 117 Å². The van der Waals surface area contributed by atoms with Crippen LogP contribution >= 0.6 is 0 Å². The number of alkyl halides is 3. The highest BCUT2D eigenvalue weighted by atomic mass is 19.4. The van der Waals surface area contributed by atoms with E-state index in [1.165, 1.54) is 6.07 Å². The summed E-state index contributed by atoms with van der Waals surface area (Å²) in [5.74, 6) is 5.58. The molecule has 2 atom stereocenters. The molecule has 3 nitrogen and oxygen atoms in total. The number of methoxy groups -OCH3 is 1. The molecule has 0 aliphatic carbocycles. The molecule has 2 unspecified atom stereocenters. The number of hydrogen-bond acceptors (Lipinski definition) is 3.